The van der Waals surface area contributed by atoms with Crippen molar-refractivity contribution in [3.63, 3.8) is 0 Å². The van der Waals surface area contributed by atoms with E-state index in [1.807, 2.05) is 72.9 Å². The number of ether oxygens (including phenoxy) is 2. The molecule has 0 spiro atoms. The molecule has 2 N–H and O–H groups in total. The molecule has 4 heterocycles. The monoisotopic (exact) mass is 461 g/mol. The largest absolute Gasteiger partial charge is 0.493 e. The highest BCUT2D eigenvalue weighted by molar-refractivity contribution is 5.58. The van der Waals surface area contributed by atoms with Gasteiger partial charge in [0, 0.05) is 30.2 Å². The Morgan fingerprint density at radius 1 is 0.857 bits per heavy atom. The molecule has 1 unspecified atom stereocenters. The molecule has 0 bridgehead atoms. The summed E-state index contributed by atoms with van der Waals surface area (Å²) in [5.74, 6) is 4.77. The van der Waals surface area contributed by atoms with Crippen molar-refractivity contribution < 1.29 is 9.47 Å². The first-order chi connectivity index (χ1) is 17.3. The SMILES string of the molecule is c1ccc(-c2c[nH]c(C3COc4ccc(Oc5ccnc(Nc6ccccn6)c5)cc4C3)n2)cc1. The van der Waals surface area contributed by atoms with Crippen LogP contribution in [0.15, 0.2) is 97.5 Å². The van der Waals surface area contributed by atoms with Gasteiger partial charge in [-0.2, -0.15) is 0 Å². The van der Waals surface area contributed by atoms with E-state index in [2.05, 4.69) is 32.4 Å². The number of aromatic nitrogens is 4. The third kappa shape index (κ3) is 4.70. The Morgan fingerprint density at radius 2 is 1.71 bits per heavy atom. The number of hydrogen-bond donors (Lipinski definition) is 2. The van der Waals surface area contributed by atoms with Gasteiger partial charge in [-0.15, -0.1) is 0 Å². The van der Waals surface area contributed by atoms with Gasteiger partial charge < -0.3 is 19.8 Å². The Labute approximate surface area is 202 Å². The average Bonchev–Trinajstić information content (AvgIpc) is 3.40. The molecular formula is C28H23N5O2. The van der Waals surface area contributed by atoms with Crippen molar-refractivity contribution in [2.45, 2.75) is 12.3 Å². The zero-order chi connectivity index (χ0) is 23.5. The maximum Gasteiger partial charge on any atom is 0.135 e. The number of nitrogens with zero attached hydrogens (tertiary/aromatic N) is 3. The summed E-state index contributed by atoms with van der Waals surface area (Å²) in [5, 5.41) is 3.19. The fourth-order valence-corrected chi connectivity index (χ4v) is 4.16. The van der Waals surface area contributed by atoms with Crippen LogP contribution in [0, 0.1) is 0 Å². The molecule has 5 aromatic rings. The standard InChI is InChI=1S/C28H23N5O2/c1-2-6-19(7-3-1)24-17-31-28(32-24)21-14-20-15-22(9-10-25(20)34-18-21)35-23-11-13-30-27(16-23)33-26-8-4-5-12-29-26/h1-13,15-17,21H,14,18H2,(H,31,32)(H,29,30,33). The molecule has 1 aliphatic rings. The van der Waals surface area contributed by atoms with Crippen LogP contribution in [0.4, 0.5) is 11.6 Å². The summed E-state index contributed by atoms with van der Waals surface area (Å²) >= 11 is 0. The first-order valence-electron chi connectivity index (χ1n) is 11.5. The summed E-state index contributed by atoms with van der Waals surface area (Å²) in [6.45, 7) is 0.585. The van der Waals surface area contributed by atoms with Gasteiger partial charge in [0.1, 0.15) is 34.7 Å². The van der Waals surface area contributed by atoms with Crippen molar-refractivity contribution in [3.05, 3.63) is 109 Å². The van der Waals surface area contributed by atoms with Crippen LogP contribution >= 0.6 is 0 Å². The molecule has 35 heavy (non-hydrogen) atoms. The van der Waals surface area contributed by atoms with Gasteiger partial charge in [0.2, 0.25) is 0 Å². The van der Waals surface area contributed by atoms with Crippen LogP contribution < -0.4 is 14.8 Å². The molecule has 0 amide bonds. The number of benzene rings is 2. The third-order valence-corrected chi connectivity index (χ3v) is 5.88. The summed E-state index contributed by atoms with van der Waals surface area (Å²) in [6, 6.07) is 25.4. The van der Waals surface area contributed by atoms with Crippen molar-refractivity contribution in [1.82, 2.24) is 19.9 Å². The van der Waals surface area contributed by atoms with E-state index < -0.39 is 0 Å². The lowest BCUT2D eigenvalue weighted by molar-refractivity contribution is 0.257. The third-order valence-electron chi connectivity index (χ3n) is 5.88. The van der Waals surface area contributed by atoms with Crippen molar-refractivity contribution >= 4 is 11.6 Å². The minimum atomic E-state index is 0.144. The summed E-state index contributed by atoms with van der Waals surface area (Å²) in [5.41, 5.74) is 3.13. The number of hydrogen-bond acceptors (Lipinski definition) is 6. The first kappa shape index (κ1) is 20.9. The zero-order valence-corrected chi connectivity index (χ0v) is 18.9. The molecule has 1 aliphatic heterocycles. The second kappa shape index (κ2) is 9.30. The van der Waals surface area contributed by atoms with Gasteiger partial charge in [0.25, 0.3) is 0 Å². The highest BCUT2D eigenvalue weighted by Crippen LogP contribution is 2.36. The number of anilines is 2. The second-order valence-electron chi connectivity index (χ2n) is 8.34. The van der Waals surface area contributed by atoms with Crippen LogP contribution in [-0.4, -0.2) is 26.5 Å². The Morgan fingerprint density at radius 3 is 2.60 bits per heavy atom. The first-order valence-corrected chi connectivity index (χ1v) is 11.5. The van der Waals surface area contributed by atoms with Gasteiger partial charge in [-0.05, 0) is 48.4 Å². The fourth-order valence-electron chi connectivity index (χ4n) is 4.16. The van der Waals surface area contributed by atoms with E-state index in [9.17, 15) is 0 Å². The van der Waals surface area contributed by atoms with Crippen LogP contribution in [0.5, 0.6) is 17.2 Å². The van der Waals surface area contributed by atoms with Crippen LogP contribution in [0.2, 0.25) is 0 Å². The lowest BCUT2D eigenvalue weighted by Crippen LogP contribution is -2.20. The topological polar surface area (TPSA) is 85.0 Å². The van der Waals surface area contributed by atoms with Crippen LogP contribution in [0.25, 0.3) is 11.3 Å². The molecule has 1 atom stereocenters. The molecule has 0 fully saturated rings. The van der Waals surface area contributed by atoms with E-state index in [4.69, 9.17) is 14.5 Å². The molecular weight excluding hydrogens is 438 g/mol. The van der Waals surface area contributed by atoms with Crippen molar-refractivity contribution in [1.29, 1.82) is 0 Å². The quantitative estimate of drug-likeness (QED) is 0.317. The number of aromatic amines is 1. The molecule has 3 aromatic heterocycles. The summed E-state index contributed by atoms with van der Waals surface area (Å²) in [4.78, 5) is 16.8. The molecule has 7 heteroatoms. The molecule has 0 saturated heterocycles. The van der Waals surface area contributed by atoms with Gasteiger partial charge in [-0.25, -0.2) is 15.0 Å². The van der Waals surface area contributed by atoms with Crippen LogP contribution in [0.1, 0.15) is 17.3 Å². The molecule has 0 aliphatic carbocycles. The minimum Gasteiger partial charge on any atom is -0.493 e. The number of pyridine rings is 2. The minimum absolute atomic E-state index is 0.144. The Balaban J connectivity index is 1.17. The molecule has 2 aromatic carbocycles. The molecule has 0 radical (unpaired) electrons. The van der Waals surface area contributed by atoms with Gasteiger partial charge in [0.15, 0.2) is 0 Å². The van der Waals surface area contributed by atoms with Gasteiger partial charge in [-0.1, -0.05) is 36.4 Å². The van der Waals surface area contributed by atoms with E-state index in [1.54, 1.807) is 12.4 Å². The van der Waals surface area contributed by atoms with E-state index in [-0.39, 0.29) is 5.92 Å². The van der Waals surface area contributed by atoms with E-state index in [1.165, 1.54) is 0 Å². The zero-order valence-electron chi connectivity index (χ0n) is 18.9. The van der Waals surface area contributed by atoms with Crippen molar-refractivity contribution in [2.75, 3.05) is 11.9 Å². The fraction of sp³-hybridized carbons (Fsp3) is 0.107. The summed E-state index contributed by atoms with van der Waals surface area (Å²) < 4.78 is 12.2. The molecule has 0 saturated carbocycles. The van der Waals surface area contributed by atoms with E-state index >= 15 is 0 Å². The van der Waals surface area contributed by atoms with Gasteiger partial charge in [0.05, 0.1) is 18.2 Å². The van der Waals surface area contributed by atoms with Crippen molar-refractivity contribution in [2.24, 2.45) is 0 Å². The summed E-state index contributed by atoms with van der Waals surface area (Å²) in [7, 11) is 0. The molecule has 6 rings (SSSR count). The van der Waals surface area contributed by atoms with Gasteiger partial charge >= 0.3 is 0 Å². The molecule has 7 nitrogen and oxygen atoms in total. The highest BCUT2D eigenvalue weighted by Gasteiger charge is 2.24. The second-order valence-corrected chi connectivity index (χ2v) is 8.34. The number of rotatable bonds is 6. The molecule has 172 valence electrons. The number of fused-ring (bicyclic) bond motifs is 1. The average molecular weight is 462 g/mol. The van der Waals surface area contributed by atoms with Crippen molar-refractivity contribution in [3.8, 4) is 28.5 Å². The van der Waals surface area contributed by atoms with E-state index in [0.29, 0.717) is 18.2 Å². The number of H-pyrrole nitrogens is 1. The maximum atomic E-state index is 6.15. The predicted octanol–water partition coefficient (Wildman–Crippen LogP) is 6.12. The number of imidazole rings is 1. The van der Waals surface area contributed by atoms with Crippen LogP contribution in [-0.2, 0) is 6.42 Å². The number of nitrogens with one attached hydrogen (secondary N) is 2. The van der Waals surface area contributed by atoms with Crippen LogP contribution in [0.3, 0.4) is 0 Å². The Hall–Kier alpha value is -4.65. The summed E-state index contributed by atoms with van der Waals surface area (Å²) in [6.07, 6.45) is 6.21. The smallest absolute Gasteiger partial charge is 0.135 e. The maximum absolute atomic E-state index is 6.15. The van der Waals surface area contributed by atoms with Gasteiger partial charge in [-0.3, -0.25) is 0 Å². The lowest BCUT2D eigenvalue weighted by atomic mass is 9.96. The lowest BCUT2D eigenvalue weighted by Gasteiger charge is -2.24. The normalized spacial score (nSPS) is 14.6. The highest BCUT2D eigenvalue weighted by atomic mass is 16.5. The van der Waals surface area contributed by atoms with E-state index in [0.717, 1.165) is 46.4 Å². The predicted molar refractivity (Wildman–Crippen MR) is 134 cm³/mol. The Bertz CT molecular complexity index is 1440. The Kier molecular flexibility index (Phi) is 5.56.